The highest BCUT2D eigenvalue weighted by molar-refractivity contribution is 9.09. The SMILES string of the molecule is C#CCO[C@@H]1[C@@H](Br)CC(C#N)=CN1C. The van der Waals surface area contributed by atoms with Gasteiger partial charge in [0.1, 0.15) is 12.8 Å². The molecule has 0 bridgehead atoms. The third-order valence-corrected chi connectivity index (χ3v) is 2.74. The molecular weight excluding hydrogens is 244 g/mol. The Balaban J connectivity index is 2.67. The number of halogens is 1. The lowest BCUT2D eigenvalue weighted by atomic mass is 10.1. The van der Waals surface area contributed by atoms with Crippen molar-refractivity contribution >= 4 is 15.9 Å². The van der Waals surface area contributed by atoms with Gasteiger partial charge in [0.2, 0.25) is 0 Å². The minimum atomic E-state index is -0.0943. The third-order valence-electron chi connectivity index (χ3n) is 1.97. The quantitative estimate of drug-likeness (QED) is 0.553. The van der Waals surface area contributed by atoms with Gasteiger partial charge in [-0.05, 0) is 0 Å². The summed E-state index contributed by atoms with van der Waals surface area (Å²) in [5.41, 5.74) is 0.745. The Morgan fingerprint density at radius 3 is 3.07 bits per heavy atom. The Bertz CT molecular complexity index is 313. The molecule has 0 fully saturated rings. The summed E-state index contributed by atoms with van der Waals surface area (Å²) in [7, 11) is 1.87. The lowest BCUT2D eigenvalue weighted by Gasteiger charge is -2.34. The van der Waals surface area contributed by atoms with Crippen LogP contribution in [0.25, 0.3) is 0 Å². The standard InChI is InChI=1S/C10H11BrN2O/c1-3-4-14-10-9(11)5-8(6-12)7-13(10)2/h1,7,9-10H,4-5H2,2H3/t9-,10+/m0/s1. The molecule has 0 aromatic carbocycles. The molecule has 1 aliphatic rings. The molecule has 0 saturated heterocycles. The zero-order chi connectivity index (χ0) is 10.6. The summed E-state index contributed by atoms with van der Waals surface area (Å²) in [6, 6.07) is 2.13. The van der Waals surface area contributed by atoms with Crippen molar-refractivity contribution < 1.29 is 4.74 Å². The highest BCUT2D eigenvalue weighted by Crippen LogP contribution is 2.25. The molecule has 0 N–H and O–H groups in total. The molecule has 14 heavy (non-hydrogen) atoms. The zero-order valence-electron chi connectivity index (χ0n) is 7.90. The Hall–Kier alpha value is -0.970. The third kappa shape index (κ3) is 2.51. The van der Waals surface area contributed by atoms with Crippen LogP contribution >= 0.6 is 15.9 Å². The van der Waals surface area contributed by atoms with E-state index in [1.807, 2.05) is 11.9 Å². The van der Waals surface area contributed by atoms with Crippen LogP contribution < -0.4 is 0 Å². The fraction of sp³-hybridized carbons (Fsp3) is 0.500. The first kappa shape index (κ1) is 11.1. The molecule has 3 nitrogen and oxygen atoms in total. The van der Waals surface area contributed by atoms with Crippen LogP contribution in [0, 0.1) is 23.7 Å². The van der Waals surface area contributed by atoms with E-state index in [2.05, 4.69) is 27.9 Å². The predicted octanol–water partition coefficient (Wildman–Crippen LogP) is 1.47. The fourth-order valence-corrected chi connectivity index (χ4v) is 2.24. The average Bonchev–Trinajstić information content (AvgIpc) is 2.16. The van der Waals surface area contributed by atoms with Crippen LogP contribution in [-0.2, 0) is 4.74 Å². The number of hydrogen-bond acceptors (Lipinski definition) is 3. The normalized spacial score (nSPS) is 26.3. The van der Waals surface area contributed by atoms with Gasteiger partial charge in [-0.2, -0.15) is 5.26 Å². The molecule has 0 saturated carbocycles. The predicted molar refractivity (Wildman–Crippen MR) is 57.4 cm³/mol. The first-order valence-corrected chi connectivity index (χ1v) is 5.12. The van der Waals surface area contributed by atoms with Gasteiger partial charge in [-0.25, -0.2) is 0 Å². The van der Waals surface area contributed by atoms with E-state index in [4.69, 9.17) is 16.4 Å². The van der Waals surface area contributed by atoms with Gasteiger partial charge in [0, 0.05) is 25.2 Å². The van der Waals surface area contributed by atoms with Gasteiger partial charge in [0.15, 0.2) is 0 Å². The topological polar surface area (TPSA) is 36.3 Å². The van der Waals surface area contributed by atoms with Crippen LogP contribution in [-0.4, -0.2) is 29.6 Å². The molecule has 0 amide bonds. The number of allylic oxidation sites excluding steroid dienone is 1. The maximum atomic E-state index is 8.75. The fourth-order valence-electron chi connectivity index (χ4n) is 1.37. The highest BCUT2D eigenvalue weighted by Gasteiger charge is 2.27. The molecule has 1 aliphatic heterocycles. The van der Waals surface area contributed by atoms with Crippen LogP contribution in [0.1, 0.15) is 6.42 Å². The van der Waals surface area contributed by atoms with Crippen LogP contribution in [0.2, 0.25) is 0 Å². The van der Waals surface area contributed by atoms with Crippen molar-refractivity contribution in [3.8, 4) is 18.4 Å². The summed E-state index contributed by atoms with van der Waals surface area (Å²) < 4.78 is 5.44. The molecule has 0 aromatic rings. The van der Waals surface area contributed by atoms with Gasteiger partial charge < -0.3 is 9.64 Å². The van der Waals surface area contributed by atoms with Gasteiger partial charge in [-0.1, -0.05) is 21.9 Å². The molecule has 2 atom stereocenters. The van der Waals surface area contributed by atoms with E-state index >= 15 is 0 Å². The van der Waals surface area contributed by atoms with Gasteiger partial charge in [0.05, 0.1) is 10.9 Å². The number of alkyl halides is 1. The van der Waals surface area contributed by atoms with Crippen molar-refractivity contribution in [1.82, 2.24) is 4.90 Å². The number of ether oxygens (including phenoxy) is 1. The first-order valence-electron chi connectivity index (χ1n) is 4.21. The second-order valence-corrected chi connectivity index (χ2v) is 4.23. The van der Waals surface area contributed by atoms with Gasteiger partial charge >= 0.3 is 0 Å². The Labute approximate surface area is 92.5 Å². The molecule has 0 radical (unpaired) electrons. The summed E-state index contributed by atoms with van der Waals surface area (Å²) in [5, 5.41) is 8.75. The van der Waals surface area contributed by atoms with Crippen molar-refractivity contribution in [1.29, 1.82) is 5.26 Å². The highest BCUT2D eigenvalue weighted by atomic mass is 79.9. The second kappa shape index (κ2) is 5.05. The monoisotopic (exact) mass is 254 g/mol. The number of nitrogens with zero attached hydrogens (tertiary/aromatic N) is 2. The Kier molecular flexibility index (Phi) is 4.00. The molecular formula is C10H11BrN2O. The summed E-state index contributed by atoms with van der Waals surface area (Å²) >= 11 is 3.48. The number of hydrogen-bond donors (Lipinski definition) is 0. The number of nitriles is 1. The van der Waals surface area contributed by atoms with Crippen LogP contribution in [0.15, 0.2) is 11.8 Å². The number of rotatable bonds is 2. The molecule has 0 aromatic heterocycles. The van der Waals surface area contributed by atoms with E-state index in [9.17, 15) is 0 Å². The molecule has 1 rings (SSSR count). The molecule has 0 aliphatic carbocycles. The largest absolute Gasteiger partial charge is 0.354 e. The lowest BCUT2D eigenvalue weighted by Crippen LogP contribution is -2.41. The Morgan fingerprint density at radius 2 is 2.57 bits per heavy atom. The van der Waals surface area contributed by atoms with Crippen LogP contribution in [0.5, 0.6) is 0 Å². The van der Waals surface area contributed by atoms with Gasteiger partial charge in [-0.3, -0.25) is 0 Å². The molecule has 74 valence electrons. The van der Waals surface area contributed by atoms with Crippen molar-refractivity contribution in [2.75, 3.05) is 13.7 Å². The van der Waals surface area contributed by atoms with Crippen molar-refractivity contribution in [3.05, 3.63) is 11.8 Å². The number of terminal acetylenes is 1. The van der Waals surface area contributed by atoms with E-state index in [1.54, 1.807) is 6.20 Å². The average molecular weight is 255 g/mol. The first-order chi connectivity index (χ1) is 6.69. The maximum absolute atomic E-state index is 8.75. The van der Waals surface area contributed by atoms with E-state index in [0.717, 1.165) is 5.57 Å². The van der Waals surface area contributed by atoms with Crippen LogP contribution in [0.3, 0.4) is 0 Å². The second-order valence-electron chi connectivity index (χ2n) is 3.06. The van der Waals surface area contributed by atoms with Gasteiger partial charge in [0.25, 0.3) is 0 Å². The summed E-state index contributed by atoms with van der Waals surface area (Å²) in [6.45, 7) is 0.285. The van der Waals surface area contributed by atoms with Crippen molar-refractivity contribution in [2.24, 2.45) is 0 Å². The van der Waals surface area contributed by atoms with E-state index in [0.29, 0.717) is 6.42 Å². The maximum Gasteiger partial charge on any atom is 0.143 e. The smallest absolute Gasteiger partial charge is 0.143 e. The summed E-state index contributed by atoms with van der Waals surface area (Å²) in [5.74, 6) is 2.43. The summed E-state index contributed by atoms with van der Waals surface area (Å²) in [4.78, 5) is 1.97. The minimum absolute atomic E-state index is 0.0943. The van der Waals surface area contributed by atoms with Crippen LogP contribution in [0.4, 0.5) is 0 Å². The minimum Gasteiger partial charge on any atom is -0.354 e. The molecule has 0 spiro atoms. The van der Waals surface area contributed by atoms with E-state index in [-0.39, 0.29) is 17.7 Å². The zero-order valence-corrected chi connectivity index (χ0v) is 9.49. The lowest BCUT2D eigenvalue weighted by molar-refractivity contribution is -0.0139. The summed E-state index contributed by atoms with van der Waals surface area (Å²) in [6.07, 6.45) is 7.49. The molecule has 4 heteroatoms. The van der Waals surface area contributed by atoms with E-state index < -0.39 is 0 Å². The Morgan fingerprint density at radius 1 is 1.86 bits per heavy atom. The van der Waals surface area contributed by atoms with Crippen molar-refractivity contribution in [3.63, 3.8) is 0 Å². The molecule has 1 heterocycles. The van der Waals surface area contributed by atoms with Gasteiger partial charge in [-0.15, -0.1) is 6.42 Å². The van der Waals surface area contributed by atoms with E-state index in [1.165, 1.54) is 0 Å². The van der Waals surface area contributed by atoms with Crippen molar-refractivity contribution in [2.45, 2.75) is 17.5 Å². The molecule has 0 unspecified atom stereocenters.